The maximum Gasteiger partial charge on any atom is 0.416 e. The molecule has 1 unspecified atom stereocenters. The van der Waals surface area contributed by atoms with E-state index >= 15 is 0 Å². The first-order chi connectivity index (χ1) is 16.7. The first-order valence-corrected chi connectivity index (χ1v) is 11.7. The highest BCUT2D eigenvalue weighted by molar-refractivity contribution is 7.99. The summed E-state index contributed by atoms with van der Waals surface area (Å²) in [5.74, 6) is 0.341. The molecule has 1 atom stereocenters. The van der Waals surface area contributed by atoms with E-state index in [1.165, 1.54) is 16.7 Å². The van der Waals surface area contributed by atoms with Gasteiger partial charge in [-0.05, 0) is 48.9 Å². The van der Waals surface area contributed by atoms with Gasteiger partial charge in [0.1, 0.15) is 0 Å². The van der Waals surface area contributed by atoms with Crippen molar-refractivity contribution in [3.8, 4) is 5.69 Å². The number of nitrogens with zero attached hydrogens (tertiary/aromatic N) is 4. The SMILES string of the molecule is Cc1ccc(-n2c(=O)c3ccccc3n3c(SCC(O)c4cccc(C(F)(F)F)c4)nnc23)cc1. The number of benzene rings is 3. The zero-order chi connectivity index (χ0) is 24.7. The van der Waals surface area contributed by atoms with E-state index < -0.39 is 17.8 Å². The summed E-state index contributed by atoms with van der Waals surface area (Å²) in [6.45, 7) is 1.95. The molecular weight excluding hydrogens is 477 g/mol. The minimum atomic E-state index is -4.50. The topological polar surface area (TPSA) is 72.4 Å². The molecule has 1 N–H and O–H groups in total. The van der Waals surface area contributed by atoms with Crippen molar-refractivity contribution in [2.45, 2.75) is 24.4 Å². The van der Waals surface area contributed by atoms with Crippen molar-refractivity contribution in [1.29, 1.82) is 0 Å². The van der Waals surface area contributed by atoms with Crippen molar-refractivity contribution in [3.05, 3.63) is 99.8 Å². The van der Waals surface area contributed by atoms with Gasteiger partial charge in [0.2, 0.25) is 5.78 Å². The summed E-state index contributed by atoms with van der Waals surface area (Å²) in [5.41, 5.74) is 1.36. The fourth-order valence-corrected chi connectivity index (χ4v) is 4.78. The molecule has 0 fully saturated rings. The Morgan fingerprint density at radius 3 is 2.49 bits per heavy atom. The summed E-state index contributed by atoms with van der Waals surface area (Å²) >= 11 is 1.14. The van der Waals surface area contributed by atoms with Gasteiger partial charge >= 0.3 is 6.18 Å². The van der Waals surface area contributed by atoms with E-state index in [-0.39, 0.29) is 16.9 Å². The number of thioether (sulfide) groups is 1. The van der Waals surface area contributed by atoms with Gasteiger partial charge in [-0.25, -0.2) is 4.57 Å². The quantitative estimate of drug-likeness (QED) is 0.339. The van der Waals surface area contributed by atoms with Crippen LogP contribution in [0.25, 0.3) is 22.4 Å². The highest BCUT2D eigenvalue weighted by Crippen LogP contribution is 2.32. The molecule has 0 radical (unpaired) electrons. The van der Waals surface area contributed by atoms with Crippen molar-refractivity contribution in [2.75, 3.05) is 5.75 Å². The van der Waals surface area contributed by atoms with Gasteiger partial charge in [-0.1, -0.05) is 53.7 Å². The van der Waals surface area contributed by atoms with Gasteiger partial charge in [-0.2, -0.15) is 13.2 Å². The predicted molar refractivity (Wildman–Crippen MR) is 128 cm³/mol. The molecule has 10 heteroatoms. The van der Waals surface area contributed by atoms with Crippen LogP contribution in [0.1, 0.15) is 22.8 Å². The largest absolute Gasteiger partial charge is 0.416 e. The van der Waals surface area contributed by atoms with Crippen molar-refractivity contribution in [1.82, 2.24) is 19.2 Å². The zero-order valence-electron chi connectivity index (χ0n) is 18.4. The number of alkyl halides is 3. The lowest BCUT2D eigenvalue weighted by atomic mass is 10.1. The molecule has 178 valence electrons. The average Bonchev–Trinajstić information content (AvgIpc) is 3.27. The number of halogens is 3. The predicted octanol–water partition coefficient (Wildman–Crippen LogP) is 5.19. The van der Waals surface area contributed by atoms with Crippen LogP contribution in [0.4, 0.5) is 13.2 Å². The summed E-state index contributed by atoms with van der Waals surface area (Å²) in [7, 11) is 0. The third kappa shape index (κ3) is 4.30. The minimum Gasteiger partial charge on any atom is -0.388 e. The Hall–Kier alpha value is -3.63. The summed E-state index contributed by atoms with van der Waals surface area (Å²) in [4.78, 5) is 13.3. The van der Waals surface area contributed by atoms with E-state index in [2.05, 4.69) is 10.2 Å². The molecule has 2 heterocycles. The lowest BCUT2D eigenvalue weighted by molar-refractivity contribution is -0.137. The van der Waals surface area contributed by atoms with Crippen molar-refractivity contribution >= 4 is 28.4 Å². The molecule has 0 aliphatic carbocycles. The third-order valence-electron chi connectivity index (χ3n) is 5.66. The number of para-hydroxylation sites is 1. The maximum atomic E-state index is 13.3. The highest BCUT2D eigenvalue weighted by atomic mass is 32.2. The van der Waals surface area contributed by atoms with E-state index in [9.17, 15) is 23.1 Å². The van der Waals surface area contributed by atoms with Crippen LogP contribution in [0.15, 0.2) is 82.7 Å². The Kier molecular flexibility index (Phi) is 5.86. The van der Waals surface area contributed by atoms with Gasteiger partial charge in [0.05, 0.1) is 28.3 Å². The van der Waals surface area contributed by atoms with E-state index in [0.29, 0.717) is 27.5 Å². The van der Waals surface area contributed by atoms with Crippen molar-refractivity contribution < 1.29 is 18.3 Å². The van der Waals surface area contributed by atoms with Crippen LogP contribution in [0.3, 0.4) is 0 Å². The van der Waals surface area contributed by atoms with E-state index in [4.69, 9.17) is 0 Å². The van der Waals surface area contributed by atoms with Crippen LogP contribution < -0.4 is 5.56 Å². The van der Waals surface area contributed by atoms with Crippen molar-refractivity contribution in [3.63, 3.8) is 0 Å². The maximum absolute atomic E-state index is 13.3. The van der Waals surface area contributed by atoms with Crippen LogP contribution in [0.2, 0.25) is 0 Å². The lowest BCUT2D eigenvalue weighted by Crippen LogP contribution is -2.21. The van der Waals surface area contributed by atoms with Crippen LogP contribution in [0.5, 0.6) is 0 Å². The Morgan fingerprint density at radius 2 is 1.74 bits per heavy atom. The molecule has 5 rings (SSSR count). The second kappa shape index (κ2) is 8.86. The van der Waals surface area contributed by atoms with Crippen LogP contribution >= 0.6 is 11.8 Å². The van der Waals surface area contributed by atoms with E-state index in [1.807, 2.05) is 31.2 Å². The number of fused-ring (bicyclic) bond motifs is 3. The number of hydrogen-bond acceptors (Lipinski definition) is 5. The molecule has 5 aromatic rings. The smallest absolute Gasteiger partial charge is 0.388 e. The van der Waals surface area contributed by atoms with Crippen LogP contribution in [-0.4, -0.2) is 30.0 Å². The summed E-state index contributed by atoms with van der Waals surface area (Å²) < 4.78 is 42.4. The number of aliphatic hydroxyl groups is 1. The fourth-order valence-electron chi connectivity index (χ4n) is 3.87. The van der Waals surface area contributed by atoms with Gasteiger partial charge in [-0.15, -0.1) is 10.2 Å². The molecular formula is C25H19F3N4O2S. The Bertz CT molecular complexity index is 1590. The molecule has 6 nitrogen and oxygen atoms in total. The Balaban J connectivity index is 1.56. The zero-order valence-corrected chi connectivity index (χ0v) is 19.2. The molecule has 0 saturated heterocycles. The average molecular weight is 497 g/mol. The Morgan fingerprint density at radius 1 is 1.00 bits per heavy atom. The molecule has 0 saturated carbocycles. The van der Waals surface area contributed by atoms with Crippen LogP contribution in [-0.2, 0) is 6.18 Å². The monoisotopic (exact) mass is 496 g/mol. The third-order valence-corrected chi connectivity index (χ3v) is 6.66. The summed E-state index contributed by atoms with van der Waals surface area (Å²) in [5, 5.41) is 19.9. The first kappa shape index (κ1) is 23.1. The summed E-state index contributed by atoms with van der Waals surface area (Å²) in [6, 6.07) is 19.1. The first-order valence-electron chi connectivity index (χ1n) is 10.7. The van der Waals surface area contributed by atoms with Gasteiger partial charge in [0.25, 0.3) is 5.56 Å². The standard InChI is InChI=1S/C25H19F3N4O2S/c1-15-9-11-18(12-10-15)31-22(34)19-7-2-3-8-20(19)32-23(31)29-30-24(32)35-14-21(33)16-5-4-6-17(13-16)25(26,27)28/h2-13,21,33H,14H2,1H3. The molecule has 0 bridgehead atoms. The minimum absolute atomic E-state index is 0.0418. The van der Waals surface area contributed by atoms with E-state index in [0.717, 1.165) is 29.5 Å². The molecule has 35 heavy (non-hydrogen) atoms. The van der Waals surface area contributed by atoms with Gasteiger partial charge in [-0.3, -0.25) is 9.20 Å². The Labute approximate surface area is 201 Å². The van der Waals surface area contributed by atoms with Crippen molar-refractivity contribution in [2.24, 2.45) is 0 Å². The number of aromatic nitrogens is 4. The second-order valence-corrected chi connectivity index (χ2v) is 9.05. The van der Waals surface area contributed by atoms with Gasteiger partial charge < -0.3 is 5.11 Å². The molecule has 0 amide bonds. The number of aryl methyl sites for hydroxylation is 1. The number of aliphatic hydroxyl groups excluding tert-OH is 1. The van der Waals surface area contributed by atoms with Gasteiger partial charge in [0.15, 0.2) is 5.16 Å². The number of hydrogen-bond donors (Lipinski definition) is 1. The molecule has 2 aromatic heterocycles. The molecule has 0 aliphatic heterocycles. The fraction of sp³-hybridized carbons (Fsp3) is 0.160. The molecule has 0 aliphatic rings. The van der Waals surface area contributed by atoms with E-state index in [1.54, 1.807) is 28.7 Å². The lowest BCUT2D eigenvalue weighted by Gasteiger charge is -2.14. The highest BCUT2D eigenvalue weighted by Gasteiger charge is 2.31. The summed E-state index contributed by atoms with van der Waals surface area (Å²) in [6.07, 6.45) is -5.66. The molecule has 0 spiro atoms. The van der Waals surface area contributed by atoms with Crippen LogP contribution in [0, 0.1) is 6.92 Å². The number of rotatable bonds is 5. The molecule has 3 aromatic carbocycles. The normalized spacial score (nSPS) is 12.9. The van der Waals surface area contributed by atoms with Gasteiger partial charge in [0, 0.05) is 5.75 Å². The second-order valence-electron chi connectivity index (χ2n) is 8.06.